The number of hydrogen-bond acceptors (Lipinski definition) is 3. The van der Waals surface area contributed by atoms with Crippen LogP contribution in [-0.4, -0.2) is 26.2 Å². The highest BCUT2D eigenvalue weighted by Gasteiger charge is 2.30. The lowest BCUT2D eigenvalue weighted by Crippen LogP contribution is -2.23. The van der Waals surface area contributed by atoms with E-state index in [2.05, 4.69) is 17.2 Å². The Balaban J connectivity index is 2.05. The molecule has 0 fully saturated rings. The van der Waals surface area contributed by atoms with Crippen molar-refractivity contribution >= 4 is 17.5 Å². The van der Waals surface area contributed by atoms with Crippen molar-refractivity contribution in [1.82, 2.24) is 5.32 Å². The van der Waals surface area contributed by atoms with Gasteiger partial charge in [0.25, 0.3) is 5.91 Å². The SMILES string of the molecule is CCCOc1c(Cl)cc(C(=O)NCC#Cc2cccc(C(F)(F)F)c2)cc1OC. The van der Waals surface area contributed by atoms with Gasteiger partial charge in [0.1, 0.15) is 0 Å². The number of methoxy groups -OCH3 is 1. The molecule has 2 rings (SSSR count). The van der Waals surface area contributed by atoms with E-state index >= 15 is 0 Å². The number of alkyl halides is 3. The molecule has 0 unspecified atom stereocenters. The van der Waals surface area contributed by atoms with Crippen LogP contribution in [0, 0.1) is 11.8 Å². The fraction of sp³-hybridized carbons (Fsp3) is 0.286. The third kappa shape index (κ3) is 6.33. The zero-order chi connectivity index (χ0) is 21.4. The summed E-state index contributed by atoms with van der Waals surface area (Å²) in [5.41, 5.74) is -0.326. The molecule has 0 bridgehead atoms. The Morgan fingerprint density at radius 3 is 2.66 bits per heavy atom. The van der Waals surface area contributed by atoms with Crippen LogP contribution in [0.15, 0.2) is 36.4 Å². The number of hydrogen-bond donors (Lipinski definition) is 1. The van der Waals surface area contributed by atoms with Crippen molar-refractivity contribution < 1.29 is 27.4 Å². The van der Waals surface area contributed by atoms with E-state index in [0.717, 1.165) is 18.6 Å². The number of halogens is 4. The van der Waals surface area contributed by atoms with E-state index in [1.165, 1.54) is 31.4 Å². The van der Waals surface area contributed by atoms with Crippen molar-refractivity contribution in [3.63, 3.8) is 0 Å². The topological polar surface area (TPSA) is 47.6 Å². The van der Waals surface area contributed by atoms with Gasteiger partial charge in [0.15, 0.2) is 11.5 Å². The molecule has 0 aliphatic heterocycles. The fourth-order valence-corrected chi connectivity index (χ4v) is 2.61. The van der Waals surface area contributed by atoms with Gasteiger partial charge >= 0.3 is 6.18 Å². The van der Waals surface area contributed by atoms with Gasteiger partial charge < -0.3 is 14.8 Å². The smallest absolute Gasteiger partial charge is 0.416 e. The highest BCUT2D eigenvalue weighted by molar-refractivity contribution is 6.32. The van der Waals surface area contributed by atoms with Gasteiger partial charge in [-0.1, -0.05) is 36.4 Å². The molecule has 0 saturated carbocycles. The fourth-order valence-electron chi connectivity index (χ4n) is 2.34. The van der Waals surface area contributed by atoms with Crippen LogP contribution in [0.5, 0.6) is 11.5 Å². The molecule has 0 heterocycles. The summed E-state index contributed by atoms with van der Waals surface area (Å²) in [6, 6.07) is 7.61. The van der Waals surface area contributed by atoms with E-state index in [0.29, 0.717) is 18.1 Å². The maximum absolute atomic E-state index is 12.7. The molecule has 0 aliphatic rings. The predicted octanol–water partition coefficient (Wildman–Crippen LogP) is 4.94. The lowest BCUT2D eigenvalue weighted by atomic mass is 10.1. The Morgan fingerprint density at radius 2 is 2.00 bits per heavy atom. The van der Waals surface area contributed by atoms with Gasteiger partial charge in [-0.05, 0) is 36.8 Å². The molecule has 0 aliphatic carbocycles. The van der Waals surface area contributed by atoms with E-state index < -0.39 is 17.6 Å². The molecule has 2 aromatic rings. The summed E-state index contributed by atoms with van der Waals surface area (Å²) < 4.78 is 48.9. The Kier molecular flexibility index (Phi) is 7.80. The summed E-state index contributed by atoms with van der Waals surface area (Å²) in [4.78, 5) is 12.3. The highest BCUT2D eigenvalue weighted by atomic mass is 35.5. The molecule has 0 atom stereocenters. The van der Waals surface area contributed by atoms with Gasteiger partial charge in [0, 0.05) is 11.1 Å². The molecule has 0 aromatic heterocycles. The molecular weight excluding hydrogens is 407 g/mol. The quantitative estimate of drug-likeness (QED) is 0.667. The number of benzene rings is 2. The summed E-state index contributed by atoms with van der Waals surface area (Å²) in [6.07, 6.45) is -3.65. The monoisotopic (exact) mass is 425 g/mol. The summed E-state index contributed by atoms with van der Waals surface area (Å²) >= 11 is 6.18. The number of carbonyl (C=O) groups is 1. The Labute approximate surface area is 172 Å². The molecule has 2 aromatic carbocycles. The van der Waals surface area contributed by atoms with Crippen molar-refractivity contribution in [2.24, 2.45) is 0 Å². The molecule has 1 N–H and O–H groups in total. The van der Waals surface area contributed by atoms with Gasteiger partial charge in [-0.15, -0.1) is 0 Å². The molecule has 29 heavy (non-hydrogen) atoms. The first-order chi connectivity index (χ1) is 13.8. The van der Waals surface area contributed by atoms with Gasteiger partial charge in [0.2, 0.25) is 0 Å². The van der Waals surface area contributed by atoms with Crippen LogP contribution in [0.1, 0.15) is 34.8 Å². The minimum atomic E-state index is -4.43. The maximum atomic E-state index is 12.7. The number of carbonyl (C=O) groups excluding carboxylic acids is 1. The van der Waals surface area contributed by atoms with E-state index in [-0.39, 0.29) is 22.7 Å². The first-order valence-corrected chi connectivity index (χ1v) is 9.08. The van der Waals surface area contributed by atoms with Crippen molar-refractivity contribution in [3.8, 4) is 23.3 Å². The third-order valence-electron chi connectivity index (χ3n) is 3.70. The average Bonchev–Trinajstić information content (AvgIpc) is 2.69. The molecule has 154 valence electrons. The summed E-state index contributed by atoms with van der Waals surface area (Å²) in [5, 5.41) is 2.80. The molecular formula is C21H19ClF3NO3. The molecule has 0 spiro atoms. The van der Waals surface area contributed by atoms with Crippen molar-refractivity contribution in [3.05, 3.63) is 58.1 Å². The molecule has 1 amide bonds. The van der Waals surface area contributed by atoms with Crippen LogP contribution in [0.4, 0.5) is 13.2 Å². The molecule has 4 nitrogen and oxygen atoms in total. The minimum Gasteiger partial charge on any atom is -0.493 e. The largest absolute Gasteiger partial charge is 0.493 e. The normalized spacial score (nSPS) is 10.7. The first-order valence-electron chi connectivity index (χ1n) is 8.71. The summed E-state index contributed by atoms with van der Waals surface area (Å²) in [6.45, 7) is 2.35. The minimum absolute atomic E-state index is 0.0525. The first kappa shape index (κ1) is 22.4. The standard InChI is InChI=1S/C21H19ClF3NO3/c1-3-10-29-19-17(22)12-15(13-18(19)28-2)20(27)26-9-5-7-14-6-4-8-16(11-14)21(23,24)25/h4,6,8,11-13H,3,9-10H2,1-2H3,(H,26,27). The molecule has 8 heteroatoms. The van der Waals surface area contributed by atoms with Crippen LogP contribution >= 0.6 is 11.6 Å². The van der Waals surface area contributed by atoms with Crippen LogP contribution < -0.4 is 14.8 Å². The number of nitrogens with one attached hydrogen (secondary N) is 1. The van der Waals surface area contributed by atoms with Crippen LogP contribution in [0.25, 0.3) is 0 Å². The van der Waals surface area contributed by atoms with Crippen LogP contribution in [0.2, 0.25) is 5.02 Å². The van der Waals surface area contributed by atoms with Crippen molar-refractivity contribution in [2.45, 2.75) is 19.5 Å². The lowest BCUT2D eigenvalue weighted by molar-refractivity contribution is -0.137. The number of rotatable bonds is 6. The van der Waals surface area contributed by atoms with E-state index in [9.17, 15) is 18.0 Å². The van der Waals surface area contributed by atoms with Crippen molar-refractivity contribution in [1.29, 1.82) is 0 Å². The van der Waals surface area contributed by atoms with Crippen LogP contribution in [-0.2, 0) is 6.18 Å². The van der Waals surface area contributed by atoms with E-state index in [4.69, 9.17) is 21.1 Å². The van der Waals surface area contributed by atoms with Crippen LogP contribution in [0.3, 0.4) is 0 Å². The second kappa shape index (κ2) is 10.1. The van der Waals surface area contributed by atoms with E-state index in [1.807, 2.05) is 6.92 Å². The summed E-state index contributed by atoms with van der Waals surface area (Å²) in [7, 11) is 1.44. The predicted molar refractivity (Wildman–Crippen MR) is 104 cm³/mol. The molecule has 0 saturated heterocycles. The Hall–Kier alpha value is -2.85. The van der Waals surface area contributed by atoms with Gasteiger partial charge in [-0.25, -0.2) is 0 Å². The maximum Gasteiger partial charge on any atom is 0.416 e. The Morgan fingerprint density at radius 1 is 1.24 bits per heavy atom. The zero-order valence-corrected chi connectivity index (χ0v) is 16.6. The highest BCUT2D eigenvalue weighted by Crippen LogP contribution is 2.36. The van der Waals surface area contributed by atoms with Gasteiger partial charge in [0.05, 0.1) is 30.8 Å². The zero-order valence-electron chi connectivity index (χ0n) is 15.8. The Bertz CT molecular complexity index is 933. The second-order valence-electron chi connectivity index (χ2n) is 5.90. The van der Waals surface area contributed by atoms with Crippen molar-refractivity contribution in [2.75, 3.05) is 20.3 Å². The number of amides is 1. The van der Waals surface area contributed by atoms with Gasteiger partial charge in [-0.3, -0.25) is 4.79 Å². The van der Waals surface area contributed by atoms with E-state index in [1.54, 1.807) is 0 Å². The second-order valence-corrected chi connectivity index (χ2v) is 6.31. The number of ether oxygens (including phenoxy) is 2. The molecule has 0 radical (unpaired) electrons. The summed E-state index contributed by atoms with van der Waals surface area (Å²) in [5.74, 6) is 5.45. The lowest BCUT2D eigenvalue weighted by Gasteiger charge is -2.13. The van der Waals surface area contributed by atoms with Gasteiger partial charge in [-0.2, -0.15) is 13.2 Å². The third-order valence-corrected chi connectivity index (χ3v) is 3.98. The average molecular weight is 426 g/mol.